The predicted molar refractivity (Wildman–Crippen MR) is 82.3 cm³/mol. The van der Waals surface area contributed by atoms with Crippen LogP contribution in [0.15, 0.2) is 42.5 Å². The van der Waals surface area contributed by atoms with Gasteiger partial charge in [0.05, 0.1) is 0 Å². The fourth-order valence-electron chi connectivity index (χ4n) is 3.10. The Labute approximate surface area is 120 Å². The Bertz CT molecular complexity index is 564. The third-order valence-corrected chi connectivity index (χ3v) is 4.32. The lowest BCUT2D eigenvalue weighted by atomic mass is 9.87. The SMILES string of the molecule is NNC(Cc1ccc2ccccc2c1)C1CCOCC1. The molecule has 106 valence electrons. The maximum absolute atomic E-state index is 5.77. The van der Waals surface area contributed by atoms with Crippen LogP contribution in [-0.2, 0) is 11.2 Å². The normalized spacial score (nSPS) is 18.2. The van der Waals surface area contributed by atoms with Crippen LogP contribution in [0.2, 0.25) is 0 Å². The number of nitrogens with one attached hydrogen (secondary N) is 1. The zero-order valence-corrected chi connectivity index (χ0v) is 11.7. The summed E-state index contributed by atoms with van der Waals surface area (Å²) in [5, 5.41) is 2.59. The van der Waals surface area contributed by atoms with Gasteiger partial charge >= 0.3 is 0 Å². The summed E-state index contributed by atoms with van der Waals surface area (Å²) in [6.07, 6.45) is 3.18. The summed E-state index contributed by atoms with van der Waals surface area (Å²) < 4.78 is 5.43. The number of fused-ring (bicyclic) bond motifs is 1. The predicted octanol–water partition coefficient (Wildman–Crippen LogP) is 2.64. The summed E-state index contributed by atoms with van der Waals surface area (Å²) in [6.45, 7) is 1.72. The highest BCUT2D eigenvalue weighted by atomic mass is 16.5. The van der Waals surface area contributed by atoms with Crippen molar-refractivity contribution >= 4 is 10.8 Å². The Morgan fingerprint density at radius 3 is 2.60 bits per heavy atom. The molecule has 3 N–H and O–H groups in total. The van der Waals surface area contributed by atoms with Gasteiger partial charge in [-0.15, -0.1) is 0 Å². The average Bonchev–Trinajstić information content (AvgIpc) is 2.53. The lowest BCUT2D eigenvalue weighted by molar-refractivity contribution is 0.0538. The summed E-state index contributed by atoms with van der Waals surface area (Å²) in [5.74, 6) is 6.38. The van der Waals surface area contributed by atoms with Crippen LogP contribution < -0.4 is 11.3 Å². The average molecular weight is 270 g/mol. The van der Waals surface area contributed by atoms with Crippen molar-refractivity contribution in [2.75, 3.05) is 13.2 Å². The molecule has 0 aromatic heterocycles. The largest absolute Gasteiger partial charge is 0.381 e. The van der Waals surface area contributed by atoms with Crippen LogP contribution in [-0.4, -0.2) is 19.3 Å². The summed E-state index contributed by atoms with van der Waals surface area (Å²) >= 11 is 0. The molecule has 0 amide bonds. The molecule has 1 heterocycles. The van der Waals surface area contributed by atoms with E-state index in [0.29, 0.717) is 12.0 Å². The second-order valence-corrected chi connectivity index (χ2v) is 5.61. The number of benzene rings is 2. The maximum atomic E-state index is 5.77. The second-order valence-electron chi connectivity index (χ2n) is 5.61. The van der Waals surface area contributed by atoms with Crippen molar-refractivity contribution in [1.29, 1.82) is 0 Å². The standard InChI is InChI=1S/C17H22N2O/c18-19-17(15-7-9-20-10-8-15)12-13-5-6-14-3-1-2-4-16(14)11-13/h1-6,11,15,17,19H,7-10,12,18H2. The van der Waals surface area contributed by atoms with Crippen molar-refractivity contribution in [1.82, 2.24) is 5.43 Å². The molecule has 3 rings (SSSR count). The first kappa shape index (κ1) is 13.6. The molecule has 0 saturated carbocycles. The first-order valence-electron chi connectivity index (χ1n) is 7.38. The van der Waals surface area contributed by atoms with Crippen LogP contribution in [0.4, 0.5) is 0 Å². The van der Waals surface area contributed by atoms with Crippen LogP contribution in [0.5, 0.6) is 0 Å². The molecular weight excluding hydrogens is 248 g/mol. The molecular formula is C17H22N2O. The van der Waals surface area contributed by atoms with E-state index in [1.807, 2.05) is 0 Å². The van der Waals surface area contributed by atoms with Crippen LogP contribution in [0.3, 0.4) is 0 Å². The molecule has 1 saturated heterocycles. The number of ether oxygens (including phenoxy) is 1. The highest BCUT2D eigenvalue weighted by Crippen LogP contribution is 2.23. The molecule has 20 heavy (non-hydrogen) atoms. The van der Waals surface area contributed by atoms with E-state index in [0.717, 1.165) is 32.5 Å². The number of rotatable bonds is 4. The van der Waals surface area contributed by atoms with Gasteiger partial charge in [0.2, 0.25) is 0 Å². The molecule has 3 nitrogen and oxygen atoms in total. The Hall–Kier alpha value is -1.42. The first-order chi connectivity index (χ1) is 9.86. The summed E-state index contributed by atoms with van der Waals surface area (Å²) in [6, 6.07) is 15.5. The summed E-state index contributed by atoms with van der Waals surface area (Å²) in [4.78, 5) is 0. The molecule has 0 radical (unpaired) electrons. The molecule has 0 bridgehead atoms. The molecule has 2 aromatic carbocycles. The molecule has 0 spiro atoms. The van der Waals surface area contributed by atoms with E-state index in [1.54, 1.807) is 0 Å². The van der Waals surface area contributed by atoms with E-state index in [9.17, 15) is 0 Å². The summed E-state index contributed by atoms with van der Waals surface area (Å²) in [7, 11) is 0. The monoisotopic (exact) mass is 270 g/mol. The third-order valence-electron chi connectivity index (χ3n) is 4.32. The van der Waals surface area contributed by atoms with Gasteiger partial charge < -0.3 is 4.74 Å². The fraction of sp³-hybridized carbons (Fsp3) is 0.412. The van der Waals surface area contributed by atoms with Gasteiger partial charge in [0.1, 0.15) is 0 Å². The van der Waals surface area contributed by atoms with Gasteiger partial charge in [-0.25, -0.2) is 0 Å². The van der Waals surface area contributed by atoms with Crippen molar-refractivity contribution in [3.05, 3.63) is 48.0 Å². The van der Waals surface area contributed by atoms with Gasteiger partial charge in [0.15, 0.2) is 0 Å². The Morgan fingerprint density at radius 2 is 1.85 bits per heavy atom. The fourth-order valence-corrected chi connectivity index (χ4v) is 3.10. The van der Waals surface area contributed by atoms with E-state index >= 15 is 0 Å². The molecule has 2 aromatic rings. The smallest absolute Gasteiger partial charge is 0.0469 e. The number of hydrazine groups is 1. The quantitative estimate of drug-likeness (QED) is 0.663. The van der Waals surface area contributed by atoms with Crippen molar-refractivity contribution in [2.45, 2.75) is 25.3 Å². The molecule has 0 aliphatic carbocycles. The summed E-state index contributed by atoms with van der Waals surface area (Å²) in [5.41, 5.74) is 4.36. The molecule has 3 heteroatoms. The van der Waals surface area contributed by atoms with Gasteiger partial charge in [0.25, 0.3) is 0 Å². The van der Waals surface area contributed by atoms with Crippen molar-refractivity contribution < 1.29 is 4.74 Å². The number of hydrogen-bond acceptors (Lipinski definition) is 3. The highest BCUT2D eigenvalue weighted by Gasteiger charge is 2.23. The van der Waals surface area contributed by atoms with Gasteiger partial charge in [0, 0.05) is 19.3 Å². The molecule has 1 unspecified atom stereocenters. The van der Waals surface area contributed by atoms with Crippen LogP contribution >= 0.6 is 0 Å². The van der Waals surface area contributed by atoms with Crippen molar-refractivity contribution in [3.8, 4) is 0 Å². The minimum atomic E-state index is 0.333. The van der Waals surface area contributed by atoms with Crippen LogP contribution in [0.1, 0.15) is 18.4 Å². The van der Waals surface area contributed by atoms with Gasteiger partial charge in [-0.05, 0) is 41.5 Å². The number of hydrogen-bond donors (Lipinski definition) is 2. The Kier molecular flexibility index (Phi) is 4.31. The molecule has 1 aliphatic heterocycles. The van der Waals surface area contributed by atoms with Gasteiger partial charge in [-0.1, -0.05) is 42.5 Å². The topological polar surface area (TPSA) is 47.3 Å². The molecule has 1 atom stereocenters. The van der Waals surface area contributed by atoms with Crippen LogP contribution in [0, 0.1) is 5.92 Å². The molecule has 1 aliphatic rings. The zero-order valence-electron chi connectivity index (χ0n) is 11.7. The van der Waals surface area contributed by atoms with E-state index in [1.165, 1.54) is 16.3 Å². The van der Waals surface area contributed by atoms with E-state index < -0.39 is 0 Å². The van der Waals surface area contributed by atoms with E-state index in [2.05, 4.69) is 47.9 Å². The Morgan fingerprint density at radius 1 is 1.10 bits per heavy atom. The van der Waals surface area contributed by atoms with Crippen molar-refractivity contribution in [3.63, 3.8) is 0 Å². The lowest BCUT2D eigenvalue weighted by Crippen LogP contribution is -2.44. The third kappa shape index (κ3) is 3.01. The lowest BCUT2D eigenvalue weighted by Gasteiger charge is -2.30. The minimum absolute atomic E-state index is 0.333. The second kappa shape index (κ2) is 6.35. The van der Waals surface area contributed by atoms with Gasteiger partial charge in [-0.3, -0.25) is 11.3 Å². The first-order valence-corrected chi connectivity index (χ1v) is 7.38. The van der Waals surface area contributed by atoms with Crippen LogP contribution in [0.25, 0.3) is 10.8 Å². The number of nitrogens with two attached hydrogens (primary N) is 1. The minimum Gasteiger partial charge on any atom is -0.381 e. The maximum Gasteiger partial charge on any atom is 0.0469 e. The zero-order chi connectivity index (χ0) is 13.8. The molecule has 1 fully saturated rings. The van der Waals surface area contributed by atoms with E-state index in [4.69, 9.17) is 10.6 Å². The van der Waals surface area contributed by atoms with Crippen molar-refractivity contribution in [2.24, 2.45) is 11.8 Å². The Balaban J connectivity index is 1.76. The van der Waals surface area contributed by atoms with E-state index in [-0.39, 0.29) is 0 Å². The highest BCUT2D eigenvalue weighted by molar-refractivity contribution is 5.82. The van der Waals surface area contributed by atoms with Gasteiger partial charge in [-0.2, -0.15) is 0 Å².